The van der Waals surface area contributed by atoms with E-state index in [9.17, 15) is 14.0 Å². The topological polar surface area (TPSA) is 79.2 Å². The highest BCUT2D eigenvalue weighted by Crippen LogP contribution is 2.39. The molecule has 1 fully saturated rings. The summed E-state index contributed by atoms with van der Waals surface area (Å²) >= 11 is 5.68. The van der Waals surface area contributed by atoms with Gasteiger partial charge in [0.15, 0.2) is 6.61 Å². The molecule has 0 unspecified atom stereocenters. The Kier molecular flexibility index (Phi) is 4.67. The Morgan fingerprint density at radius 2 is 2.23 bits per heavy atom. The summed E-state index contributed by atoms with van der Waals surface area (Å²) in [6.45, 7) is 1.04. The van der Waals surface area contributed by atoms with E-state index < -0.39 is 29.8 Å². The molecule has 1 atom stereocenters. The smallest absolute Gasteiger partial charge is 0.341 e. The second-order valence-electron chi connectivity index (χ2n) is 5.34. The summed E-state index contributed by atoms with van der Waals surface area (Å²) in [6, 6.07) is 5.52. The van der Waals surface area contributed by atoms with Crippen LogP contribution in [0.5, 0.6) is 0 Å². The molecule has 0 heterocycles. The summed E-state index contributed by atoms with van der Waals surface area (Å²) < 4.78 is 18.2. The largest absolute Gasteiger partial charge is 0.452 e. The van der Waals surface area contributed by atoms with Gasteiger partial charge in [0.05, 0.1) is 11.6 Å². The van der Waals surface area contributed by atoms with E-state index >= 15 is 0 Å². The van der Waals surface area contributed by atoms with Gasteiger partial charge in [0.1, 0.15) is 11.4 Å². The Labute approximate surface area is 132 Å². The first kappa shape index (κ1) is 16.2. The van der Waals surface area contributed by atoms with Gasteiger partial charge >= 0.3 is 5.97 Å². The van der Waals surface area contributed by atoms with Crippen LogP contribution in [0, 0.1) is 23.1 Å². The molecule has 2 rings (SSSR count). The number of hydrogen-bond acceptors (Lipinski definition) is 4. The fraction of sp³-hybridized carbons (Fsp3) is 0.400. The molecule has 116 valence electrons. The fourth-order valence-electron chi connectivity index (χ4n) is 2.07. The van der Waals surface area contributed by atoms with Crippen LogP contribution in [0.3, 0.4) is 0 Å². The summed E-state index contributed by atoms with van der Waals surface area (Å²) in [6.07, 6.45) is 1.75. The number of ether oxygens (including phenoxy) is 1. The second-order valence-corrected chi connectivity index (χ2v) is 5.77. The molecule has 1 saturated carbocycles. The molecule has 1 aliphatic rings. The third-order valence-corrected chi connectivity index (χ3v) is 3.74. The quantitative estimate of drug-likeness (QED) is 0.844. The van der Waals surface area contributed by atoms with Crippen LogP contribution in [0.15, 0.2) is 18.2 Å². The maximum absolute atomic E-state index is 13.5. The highest BCUT2D eigenvalue weighted by Gasteiger charge is 2.43. The molecule has 0 radical (unpaired) electrons. The zero-order valence-electron chi connectivity index (χ0n) is 11.9. The number of halogens is 2. The number of nitrogens with one attached hydrogen (secondary N) is 1. The highest BCUT2D eigenvalue weighted by molar-refractivity contribution is 6.30. The normalized spacial score (nSPS) is 16.3. The Morgan fingerprint density at radius 3 is 2.82 bits per heavy atom. The van der Waals surface area contributed by atoms with Crippen molar-refractivity contribution in [2.24, 2.45) is 5.92 Å². The zero-order chi connectivity index (χ0) is 16.3. The minimum absolute atomic E-state index is 0.113. The van der Waals surface area contributed by atoms with Gasteiger partial charge in [-0.05, 0) is 43.9 Å². The lowest BCUT2D eigenvalue weighted by Gasteiger charge is -2.22. The lowest BCUT2D eigenvalue weighted by atomic mass is 9.98. The summed E-state index contributed by atoms with van der Waals surface area (Å²) in [4.78, 5) is 23.5. The maximum atomic E-state index is 13.5. The summed E-state index contributed by atoms with van der Waals surface area (Å²) in [5, 5.41) is 11.9. The van der Waals surface area contributed by atoms with E-state index in [2.05, 4.69) is 11.4 Å². The molecule has 5 nitrogen and oxygen atoms in total. The van der Waals surface area contributed by atoms with E-state index in [1.807, 2.05) is 0 Å². The van der Waals surface area contributed by atoms with Gasteiger partial charge in [0.2, 0.25) is 0 Å². The van der Waals surface area contributed by atoms with Crippen molar-refractivity contribution in [3.8, 4) is 6.07 Å². The molecular weight excluding hydrogens is 311 g/mol. The van der Waals surface area contributed by atoms with Crippen molar-refractivity contribution in [1.82, 2.24) is 5.32 Å². The maximum Gasteiger partial charge on any atom is 0.341 e. The minimum Gasteiger partial charge on any atom is -0.452 e. The van der Waals surface area contributed by atoms with Crippen molar-refractivity contribution in [2.45, 2.75) is 25.3 Å². The first-order valence-electron chi connectivity index (χ1n) is 6.70. The molecule has 7 heteroatoms. The van der Waals surface area contributed by atoms with Crippen molar-refractivity contribution in [2.75, 3.05) is 6.61 Å². The summed E-state index contributed by atoms with van der Waals surface area (Å²) in [5.74, 6) is -2.26. The molecule has 0 aliphatic heterocycles. The molecule has 0 bridgehead atoms. The van der Waals surface area contributed by atoms with Crippen LogP contribution in [0.2, 0.25) is 5.02 Å². The molecule has 1 aliphatic carbocycles. The summed E-state index contributed by atoms with van der Waals surface area (Å²) in [7, 11) is 0. The SMILES string of the molecule is C[C@@](C#N)(NC(=O)COC(=O)c1cc(Cl)ccc1F)C1CC1. The van der Waals surface area contributed by atoms with E-state index in [0.717, 1.165) is 25.0 Å². The van der Waals surface area contributed by atoms with Crippen LogP contribution in [0.4, 0.5) is 4.39 Å². The van der Waals surface area contributed by atoms with Crippen molar-refractivity contribution in [3.05, 3.63) is 34.6 Å². The van der Waals surface area contributed by atoms with Gasteiger partial charge < -0.3 is 10.1 Å². The van der Waals surface area contributed by atoms with Crippen molar-refractivity contribution in [3.63, 3.8) is 0 Å². The monoisotopic (exact) mass is 324 g/mol. The number of nitrogens with zero attached hydrogens (tertiary/aromatic N) is 1. The van der Waals surface area contributed by atoms with Gasteiger partial charge in [0.25, 0.3) is 5.91 Å². The molecule has 22 heavy (non-hydrogen) atoms. The number of carbonyl (C=O) groups excluding carboxylic acids is 2. The third kappa shape index (κ3) is 3.74. The standard InChI is InChI=1S/C15H14ClFN2O3/c1-15(8-18,9-2-3-9)19-13(20)7-22-14(21)11-6-10(16)4-5-12(11)17/h4-6,9H,2-3,7H2,1H3,(H,19,20)/t15-/m0/s1. The predicted molar refractivity (Wildman–Crippen MR) is 76.6 cm³/mol. The lowest BCUT2D eigenvalue weighted by molar-refractivity contribution is -0.125. The van der Waals surface area contributed by atoms with Crippen LogP contribution in [-0.2, 0) is 9.53 Å². The molecule has 0 saturated heterocycles. The van der Waals surface area contributed by atoms with Crippen LogP contribution >= 0.6 is 11.6 Å². The van der Waals surface area contributed by atoms with Gasteiger partial charge in [0, 0.05) is 5.02 Å². The second kappa shape index (κ2) is 6.32. The van der Waals surface area contributed by atoms with Gasteiger partial charge in [-0.15, -0.1) is 0 Å². The number of esters is 1. The van der Waals surface area contributed by atoms with Gasteiger partial charge in [-0.25, -0.2) is 9.18 Å². The van der Waals surface area contributed by atoms with Crippen LogP contribution in [-0.4, -0.2) is 24.0 Å². The van der Waals surface area contributed by atoms with E-state index in [-0.39, 0.29) is 16.5 Å². The summed E-state index contributed by atoms with van der Waals surface area (Å²) in [5.41, 5.74) is -1.31. The molecule has 0 aromatic heterocycles. The van der Waals surface area contributed by atoms with Crippen LogP contribution in [0.1, 0.15) is 30.1 Å². The Balaban J connectivity index is 1.92. The Hall–Kier alpha value is -2.13. The third-order valence-electron chi connectivity index (χ3n) is 3.51. The van der Waals surface area contributed by atoms with Crippen molar-refractivity contribution in [1.29, 1.82) is 5.26 Å². The first-order chi connectivity index (χ1) is 10.4. The van der Waals surface area contributed by atoms with E-state index in [0.29, 0.717) is 0 Å². The van der Waals surface area contributed by atoms with Gasteiger partial charge in [-0.3, -0.25) is 4.79 Å². The number of nitriles is 1. The molecule has 1 aromatic rings. The number of hydrogen-bond donors (Lipinski definition) is 1. The number of rotatable bonds is 5. The van der Waals surface area contributed by atoms with E-state index in [4.69, 9.17) is 21.6 Å². The van der Waals surface area contributed by atoms with Crippen LogP contribution in [0.25, 0.3) is 0 Å². The predicted octanol–water partition coefficient (Wildman–Crippen LogP) is 2.44. The van der Waals surface area contributed by atoms with E-state index in [1.165, 1.54) is 6.07 Å². The highest BCUT2D eigenvalue weighted by atomic mass is 35.5. The molecule has 1 aromatic carbocycles. The fourth-order valence-corrected chi connectivity index (χ4v) is 2.24. The molecule has 1 N–H and O–H groups in total. The number of carbonyl (C=O) groups is 2. The van der Waals surface area contributed by atoms with Crippen molar-refractivity contribution < 1.29 is 18.7 Å². The van der Waals surface area contributed by atoms with Crippen molar-refractivity contribution >= 4 is 23.5 Å². The minimum atomic E-state index is -0.986. The first-order valence-corrected chi connectivity index (χ1v) is 7.08. The molecule has 0 spiro atoms. The molecular formula is C15H14ClFN2O3. The average molecular weight is 325 g/mol. The molecule has 1 amide bonds. The number of amides is 1. The Bertz CT molecular complexity index is 655. The zero-order valence-corrected chi connectivity index (χ0v) is 12.6. The number of benzene rings is 1. The van der Waals surface area contributed by atoms with Crippen LogP contribution < -0.4 is 5.32 Å². The van der Waals surface area contributed by atoms with E-state index in [1.54, 1.807) is 6.92 Å². The van der Waals surface area contributed by atoms with Gasteiger partial charge in [-0.1, -0.05) is 11.6 Å². The Morgan fingerprint density at radius 1 is 1.55 bits per heavy atom. The van der Waals surface area contributed by atoms with Gasteiger partial charge in [-0.2, -0.15) is 5.26 Å². The lowest BCUT2D eigenvalue weighted by Crippen LogP contribution is -2.48. The average Bonchev–Trinajstić information content (AvgIpc) is 3.32.